The normalized spacial score (nSPS) is 13.1. The summed E-state index contributed by atoms with van der Waals surface area (Å²) in [6.45, 7) is 4.32. The van der Waals surface area contributed by atoms with Crippen LogP contribution in [0.25, 0.3) is 0 Å². The Morgan fingerprint density at radius 3 is 0.955 bits per heavy atom. The van der Waals surface area contributed by atoms with Gasteiger partial charge < -0.3 is 15.5 Å². The van der Waals surface area contributed by atoms with Crippen LogP contribution in [-0.2, 0) is 4.79 Å². The molecule has 0 bridgehead atoms. The van der Waals surface area contributed by atoms with Crippen molar-refractivity contribution in [1.82, 2.24) is 5.32 Å². The highest BCUT2D eigenvalue weighted by Gasteiger charge is 2.18. The van der Waals surface area contributed by atoms with Crippen molar-refractivity contribution in [2.75, 3.05) is 6.61 Å². The first-order valence-electron chi connectivity index (χ1n) is 30.4. The molecule has 0 rings (SSSR count). The fraction of sp³-hybridized carbons (Fsp3) is 0.857. The topological polar surface area (TPSA) is 69.6 Å². The predicted octanol–water partition coefficient (Wildman–Crippen LogP) is 20.2. The molecule has 1 amide bonds. The lowest BCUT2D eigenvalue weighted by molar-refractivity contribution is -0.123. The number of hydrogen-bond acceptors (Lipinski definition) is 3. The number of carbonyl (C=O) groups excluding carboxylic acids is 1. The maximum absolute atomic E-state index is 12.5. The Morgan fingerprint density at radius 2 is 0.627 bits per heavy atom. The Morgan fingerprint density at radius 1 is 0.358 bits per heavy atom. The number of aliphatic hydroxyl groups excluding tert-OH is 2. The minimum atomic E-state index is -0.863. The minimum absolute atomic E-state index is 0.0686. The van der Waals surface area contributed by atoms with Crippen LogP contribution in [0, 0.1) is 0 Å². The molecule has 2 atom stereocenters. The average molecular weight is 939 g/mol. The monoisotopic (exact) mass is 938 g/mol. The molecule has 3 N–H and O–H groups in total. The van der Waals surface area contributed by atoms with Crippen LogP contribution in [0.1, 0.15) is 328 Å². The molecule has 0 saturated heterocycles. The summed E-state index contributed by atoms with van der Waals surface area (Å²) in [6.07, 6.45) is 81.5. The number of amides is 1. The van der Waals surface area contributed by atoms with E-state index in [1.807, 2.05) is 6.08 Å². The van der Waals surface area contributed by atoms with E-state index in [4.69, 9.17) is 0 Å². The molecule has 0 radical (unpaired) electrons. The zero-order valence-electron chi connectivity index (χ0n) is 45.4. The molecule has 2 unspecified atom stereocenters. The summed E-state index contributed by atoms with van der Waals surface area (Å²) >= 11 is 0. The van der Waals surface area contributed by atoms with Crippen LogP contribution in [0.15, 0.2) is 48.6 Å². The number of carbonyl (C=O) groups is 1. The molecule has 0 heterocycles. The zero-order valence-corrected chi connectivity index (χ0v) is 45.4. The van der Waals surface area contributed by atoms with Crippen molar-refractivity contribution in [1.29, 1.82) is 0 Å². The van der Waals surface area contributed by atoms with Crippen LogP contribution in [0.2, 0.25) is 0 Å². The zero-order chi connectivity index (χ0) is 48.5. The molecule has 4 heteroatoms. The highest BCUT2D eigenvalue weighted by atomic mass is 16.3. The summed E-state index contributed by atoms with van der Waals surface area (Å²) < 4.78 is 0. The van der Waals surface area contributed by atoms with Gasteiger partial charge in [-0.15, -0.1) is 0 Å². The maximum Gasteiger partial charge on any atom is 0.220 e. The average Bonchev–Trinajstić information content (AvgIpc) is 3.33. The predicted molar refractivity (Wildman–Crippen MR) is 299 cm³/mol. The van der Waals surface area contributed by atoms with Gasteiger partial charge in [0.05, 0.1) is 18.8 Å². The van der Waals surface area contributed by atoms with Crippen molar-refractivity contribution in [3.8, 4) is 0 Å². The van der Waals surface area contributed by atoms with Crippen LogP contribution in [0.3, 0.4) is 0 Å². The van der Waals surface area contributed by atoms with Crippen molar-refractivity contribution in [3.05, 3.63) is 48.6 Å². The summed E-state index contributed by atoms with van der Waals surface area (Å²) in [6, 6.07) is -0.640. The van der Waals surface area contributed by atoms with Crippen LogP contribution < -0.4 is 5.32 Å². The molecule has 394 valence electrons. The van der Waals surface area contributed by atoms with Crippen molar-refractivity contribution in [2.45, 2.75) is 341 Å². The molecule has 67 heavy (non-hydrogen) atoms. The van der Waals surface area contributed by atoms with Gasteiger partial charge in [-0.25, -0.2) is 0 Å². The molecular formula is C63H119NO3. The third-order valence-electron chi connectivity index (χ3n) is 14.0. The largest absolute Gasteiger partial charge is 0.394 e. The Bertz CT molecular complexity index is 1060. The molecule has 0 aliphatic rings. The van der Waals surface area contributed by atoms with Crippen molar-refractivity contribution >= 4 is 5.91 Å². The minimum Gasteiger partial charge on any atom is -0.394 e. The van der Waals surface area contributed by atoms with Gasteiger partial charge in [0.2, 0.25) is 5.91 Å². The molecule has 0 aromatic carbocycles. The first-order valence-corrected chi connectivity index (χ1v) is 30.4. The molecule has 0 aromatic rings. The van der Waals surface area contributed by atoms with Crippen LogP contribution in [0.4, 0.5) is 0 Å². The number of rotatable bonds is 56. The van der Waals surface area contributed by atoms with E-state index in [2.05, 4.69) is 55.6 Å². The van der Waals surface area contributed by atoms with Gasteiger partial charge in [-0.1, -0.05) is 306 Å². The van der Waals surface area contributed by atoms with Gasteiger partial charge in [0, 0.05) is 6.42 Å². The summed E-state index contributed by atoms with van der Waals surface area (Å²) in [5, 5.41) is 23.2. The first-order chi connectivity index (χ1) is 33.2. The van der Waals surface area contributed by atoms with E-state index in [0.29, 0.717) is 6.42 Å². The Hall–Kier alpha value is -1.65. The molecule has 0 aromatic heterocycles. The first kappa shape index (κ1) is 65.3. The second kappa shape index (κ2) is 58.7. The lowest BCUT2D eigenvalue weighted by atomic mass is 10.0. The van der Waals surface area contributed by atoms with Crippen molar-refractivity contribution in [2.24, 2.45) is 0 Å². The second-order valence-corrected chi connectivity index (χ2v) is 20.8. The smallest absolute Gasteiger partial charge is 0.220 e. The van der Waals surface area contributed by atoms with E-state index in [-0.39, 0.29) is 12.5 Å². The number of unbranched alkanes of at least 4 members (excludes halogenated alkanes) is 43. The fourth-order valence-electron chi connectivity index (χ4n) is 9.41. The maximum atomic E-state index is 12.5. The summed E-state index contributed by atoms with van der Waals surface area (Å²) in [4.78, 5) is 12.5. The van der Waals surface area contributed by atoms with Crippen molar-refractivity contribution in [3.63, 3.8) is 0 Å². The van der Waals surface area contributed by atoms with Gasteiger partial charge in [-0.3, -0.25) is 4.79 Å². The van der Waals surface area contributed by atoms with E-state index in [1.54, 1.807) is 6.08 Å². The van der Waals surface area contributed by atoms with Crippen LogP contribution in [0.5, 0.6) is 0 Å². The van der Waals surface area contributed by atoms with E-state index >= 15 is 0 Å². The van der Waals surface area contributed by atoms with Gasteiger partial charge in [0.25, 0.3) is 0 Å². The summed E-state index contributed by atoms with van der Waals surface area (Å²) in [5.74, 6) is -0.0686. The quantitative estimate of drug-likeness (QED) is 0.0420. The van der Waals surface area contributed by atoms with E-state index in [0.717, 1.165) is 38.5 Å². The Balaban J connectivity index is 3.48. The molecule has 0 spiro atoms. The highest BCUT2D eigenvalue weighted by molar-refractivity contribution is 5.76. The van der Waals surface area contributed by atoms with Crippen LogP contribution >= 0.6 is 0 Å². The lowest BCUT2D eigenvalue weighted by Crippen LogP contribution is -2.45. The third kappa shape index (κ3) is 55.2. The number of aliphatic hydroxyl groups is 2. The molecular weight excluding hydrogens is 819 g/mol. The Labute approximate surface area is 420 Å². The van der Waals surface area contributed by atoms with Crippen molar-refractivity contribution < 1.29 is 15.0 Å². The molecule has 0 aliphatic heterocycles. The third-order valence-corrected chi connectivity index (χ3v) is 14.0. The second-order valence-electron chi connectivity index (χ2n) is 20.8. The highest BCUT2D eigenvalue weighted by Crippen LogP contribution is 2.17. The standard InChI is InChI=1S/C63H119NO3/c1-3-5-7-9-11-13-15-17-19-21-23-25-27-29-30-31-32-33-34-35-37-39-41-43-45-47-49-51-53-55-57-59-63(67)64-61(60-65)62(66)58-56-54-52-50-48-46-44-42-40-38-36-28-26-24-22-20-18-16-14-12-10-8-6-4-2/h15,17,21,23,48,50,56,58,61-62,65-66H,3-14,16,18-20,22,24-47,49,51-55,57,59-60H2,1-2H3,(H,64,67)/b17-15-,23-21-,50-48+,58-56+. The summed E-state index contributed by atoms with van der Waals surface area (Å²) in [7, 11) is 0. The van der Waals surface area contributed by atoms with Gasteiger partial charge in [-0.2, -0.15) is 0 Å². The van der Waals surface area contributed by atoms with E-state index in [9.17, 15) is 15.0 Å². The van der Waals surface area contributed by atoms with Crippen LogP contribution in [-0.4, -0.2) is 34.9 Å². The number of hydrogen-bond donors (Lipinski definition) is 3. The number of allylic oxidation sites excluding steroid dienone is 7. The molecule has 0 saturated carbocycles. The SMILES string of the molecule is CCCCCCC/C=C\C/C=C\CCCCCCCCCCCCCCCCCCCCCC(=O)NC(CO)C(O)/C=C/CC/C=C/CCCCCCCCCCCCCCCCCCCC. The van der Waals surface area contributed by atoms with E-state index < -0.39 is 12.1 Å². The summed E-state index contributed by atoms with van der Waals surface area (Å²) in [5.41, 5.74) is 0. The Kier molecular flexibility index (Phi) is 57.2. The lowest BCUT2D eigenvalue weighted by Gasteiger charge is -2.19. The van der Waals surface area contributed by atoms with Gasteiger partial charge in [0.15, 0.2) is 0 Å². The number of nitrogens with one attached hydrogen (secondary N) is 1. The molecule has 4 nitrogen and oxygen atoms in total. The fourth-order valence-corrected chi connectivity index (χ4v) is 9.41. The molecule has 0 fully saturated rings. The van der Waals surface area contributed by atoms with Gasteiger partial charge >= 0.3 is 0 Å². The molecule has 0 aliphatic carbocycles. The van der Waals surface area contributed by atoms with Gasteiger partial charge in [-0.05, 0) is 64.2 Å². The van der Waals surface area contributed by atoms with E-state index in [1.165, 1.54) is 270 Å². The van der Waals surface area contributed by atoms with Gasteiger partial charge in [0.1, 0.15) is 0 Å².